The van der Waals surface area contributed by atoms with Gasteiger partial charge in [-0.3, -0.25) is 4.72 Å². The molecule has 0 aromatic heterocycles. The van der Waals surface area contributed by atoms with Crippen molar-refractivity contribution in [1.82, 2.24) is 0 Å². The quantitative estimate of drug-likeness (QED) is 0.839. The zero-order valence-electron chi connectivity index (χ0n) is 11.1. The molecule has 0 bridgehead atoms. The lowest BCUT2D eigenvalue weighted by atomic mass is 10.2. The van der Waals surface area contributed by atoms with Crippen molar-refractivity contribution in [2.24, 2.45) is 5.73 Å². The number of hydrogen-bond donors (Lipinski definition) is 2. The maximum Gasteiger partial charge on any atom is 0.262 e. The summed E-state index contributed by atoms with van der Waals surface area (Å²) in [6.45, 7) is 1.74. The molecule has 0 fully saturated rings. The van der Waals surface area contributed by atoms with Crippen LogP contribution in [0.5, 0.6) is 0 Å². The normalized spacial score (nSPS) is 11.1. The predicted molar refractivity (Wildman–Crippen MR) is 89.3 cm³/mol. The van der Waals surface area contributed by atoms with Gasteiger partial charge in [-0.05, 0) is 30.7 Å². The van der Waals surface area contributed by atoms with Gasteiger partial charge in [0.15, 0.2) is 0 Å². The molecule has 2 aromatic rings. The van der Waals surface area contributed by atoms with E-state index in [2.05, 4.69) is 4.72 Å². The first-order valence-corrected chi connectivity index (χ1v) is 8.26. The van der Waals surface area contributed by atoms with Crippen molar-refractivity contribution in [1.29, 1.82) is 0 Å². The Kier molecular flexibility index (Phi) is 4.51. The fraction of sp³-hybridized carbons (Fsp3) is 0.0714. The Balaban J connectivity index is 2.49. The van der Waals surface area contributed by atoms with Crippen LogP contribution >= 0.6 is 23.8 Å². The molecule has 0 atom stereocenters. The molecule has 0 aliphatic heterocycles. The van der Waals surface area contributed by atoms with Crippen LogP contribution in [0.4, 0.5) is 5.69 Å². The van der Waals surface area contributed by atoms with Crippen molar-refractivity contribution in [3.63, 3.8) is 0 Å². The fourth-order valence-corrected chi connectivity index (χ4v) is 3.59. The zero-order valence-corrected chi connectivity index (χ0v) is 13.5. The Hall–Kier alpha value is -1.63. The number of hydrogen-bond acceptors (Lipinski definition) is 3. The van der Waals surface area contributed by atoms with Gasteiger partial charge in [-0.15, -0.1) is 0 Å². The van der Waals surface area contributed by atoms with Crippen LogP contribution in [0.3, 0.4) is 0 Å². The average Bonchev–Trinajstić information content (AvgIpc) is 2.44. The first kappa shape index (κ1) is 15.8. The van der Waals surface area contributed by atoms with Crippen LogP contribution < -0.4 is 10.5 Å². The van der Waals surface area contributed by atoms with E-state index in [1.165, 1.54) is 6.07 Å². The first-order chi connectivity index (χ1) is 9.83. The van der Waals surface area contributed by atoms with Gasteiger partial charge in [-0.25, -0.2) is 8.42 Å². The van der Waals surface area contributed by atoms with Crippen LogP contribution in [0.25, 0.3) is 0 Å². The highest BCUT2D eigenvalue weighted by molar-refractivity contribution is 7.93. The minimum absolute atomic E-state index is 0.0267. The molecule has 7 heteroatoms. The molecule has 0 saturated heterocycles. The summed E-state index contributed by atoms with van der Waals surface area (Å²) < 4.78 is 27.6. The van der Waals surface area contributed by atoms with Gasteiger partial charge in [0.2, 0.25) is 0 Å². The number of nitrogens with two attached hydrogens (primary N) is 1. The number of rotatable bonds is 4. The number of thiocarbonyl (C=S) groups is 1. The molecule has 3 N–H and O–H groups in total. The second-order valence-electron chi connectivity index (χ2n) is 4.38. The van der Waals surface area contributed by atoms with Gasteiger partial charge in [0.25, 0.3) is 10.0 Å². The lowest BCUT2D eigenvalue weighted by molar-refractivity contribution is 0.601. The number of benzene rings is 2. The Bertz CT molecular complexity index is 804. The molecule has 21 heavy (non-hydrogen) atoms. The number of nitrogens with one attached hydrogen (secondary N) is 1. The molecular weight excluding hydrogens is 328 g/mol. The molecular formula is C14H13ClN2O2S2. The lowest BCUT2D eigenvalue weighted by Gasteiger charge is -2.13. The molecule has 0 radical (unpaired) electrons. The smallest absolute Gasteiger partial charge is 0.262 e. The van der Waals surface area contributed by atoms with E-state index in [9.17, 15) is 8.42 Å². The Morgan fingerprint density at radius 1 is 1.19 bits per heavy atom. The molecule has 0 amide bonds. The van der Waals surface area contributed by atoms with Gasteiger partial charge in [-0.1, -0.05) is 48.1 Å². The van der Waals surface area contributed by atoms with Gasteiger partial charge in [0.05, 0.1) is 10.6 Å². The van der Waals surface area contributed by atoms with Crippen molar-refractivity contribution < 1.29 is 8.42 Å². The molecule has 110 valence electrons. The van der Waals surface area contributed by atoms with Gasteiger partial charge in [-0.2, -0.15) is 0 Å². The van der Waals surface area contributed by atoms with Crippen molar-refractivity contribution in [2.75, 3.05) is 4.72 Å². The van der Waals surface area contributed by atoms with Crippen LogP contribution in [-0.4, -0.2) is 13.4 Å². The molecule has 0 spiro atoms. The van der Waals surface area contributed by atoms with Gasteiger partial charge in [0, 0.05) is 10.6 Å². The summed E-state index contributed by atoms with van der Waals surface area (Å²) in [6, 6.07) is 11.3. The van der Waals surface area contributed by atoms with Crippen molar-refractivity contribution >= 4 is 44.5 Å². The summed E-state index contributed by atoms with van der Waals surface area (Å²) in [7, 11) is -3.80. The van der Waals surface area contributed by atoms with E-state index >= 15 is 0 Å². The Morgan fingerprint density at radius 2 is 1.86 bits per heavy atom. The standard InChI is InChI=1S/C14H13ClN2O2S2/c1-9-11(15)6-4-7-12(9)17-21(18,19)13-8-3-2-5-10(13)14(16)20/h2-8,17H,1H3,(H2,16,20). The van der Waals surface area contributed by atoms with Crippen LogP contribution in [-0.2, 0) is 10.0 Å². The van der Waals surface area contributed by atoms with E-state index in [0.717, 1.165) is 0 Å². The monoisotopic (exact) mass is 340 g/mol. The van der Waals surface area contributed by atoms with Crippen LogP contribution in [0.2, 0.25) is 5.02 Å². The minimum Gasteiger partial charge on any atom is -0.389 e. The minimum atomic E-state index is -3.80. The third-order valence-electron chi connectivity index (χ3n) is 2.95. The second-order valence-corrected chi connectivity index (χ2v) is 6.88. The molecule has 2 rings (SSSR count). The maximum atomic E-state index is 12.5. The van der Waals surface area contributed by atoms with Crippen LogP contribution in [0, 0.1) is 6.92 Å². The number of sulfonamides is 1. The highest BCUT2D eigenvalue weighted by atomic mass is 35.5. The SMILES string of the molecule is Cc1c(Cl)cccc1NS(=O)(=O)c1ccccc1C(N)=S. The molecule has 0 aliphatic rings. The molecule has 0 aliphatic carbocycles. The van der Waals surface area contributed by atoms with Gasteiger partial charge in [0.1, 0.15) is 4.99 Å². The Morgan fingerprint density at radius 3 is 2.52 bits per heavy atom. The topological polar surface area (TPSA) is 72.2 Å². The summed E-state index contributed by atoms with van der Waals surface area (Å²) in [5.41, 5.74) is 6.95. The molecule has 0 heterocycles. The van der Waals surface area contributed by atoms with Crippen molar-refractivity contribution in [3.8, 4) is 0 Å². The van der Waals surface area contributed by atoms with E-state index in [4.69, 9.17) is 29.6 Å². The number of halogens is 1. The first-order valence-electron chi connectivity index (χ1n) is 5.99. The van der Waals surface area contributed by atoms with Crippen LogP contribution in [0.15, 0.2) is 47.4 Å². The molecule has 4 nitrogen and oxygen atoms in total. The van der Waals surface area contributed by atoms with Crippen molar-refractivity contribution in [2.45, 2.75) is 11.8 Å². The highest BCUT2D eigenvalue weighted by Gasteiger charge is 2.20. The summed E-state index contributed by atoms with van der Waals surface area (Å²) in [6.07, 6.45) is 0. The van der Waals surface area contributed by atoms with Crippen LogP contribution in [0.1, 0.15) is 11.1 Å². The Labute approximate surface area is 134 Å². The molecule has 0 saturated carbocycles. The van der Waals surface area contributed by atoms with E-state index in [0.29, 0.717) is 21.8 Å². The summed E-state index contributed by atoms with van der Waals surface area (Å²) >= 11 is 10.9. The summed E-state index contributed by atoms with van der Waals surface area (Å²) in [5.74, 6) is 0. The summed E-state index contributed by atoms with van der Waals surface area (Å²) in [5, 5.41) is 0.484. The largest absolute Gasteiger partial charge is 0.389 e. The fourth-order valence-electron chi connectivity index (χ4n) is 1.82. The van der Waals surface area contributed by atoms with E-state index < -0.39 is 10.0 Å². The highest BCUT2D eigenvalue weighted by Crippen LogP contribution is 2.26. The van der Waals surface area contributed by atoms with Gasteiger partial charge >= 0.3 is 0 Å². The average molecular weight is 341 g/mol. The van der Waals surface area contributed by atoms with Crippen molar-refractivity contribution in [3.05, 3.63) is 58.6 Å². The predicted octanol–water partition coefficient (Wildman–Crippen LogP) is 3.08. The lowest BCUT2D eigenvalue weighted by Crippen LogP contribution is -2.20. The summed E-state index contributed by atoms with van der Waals surface area (Å²) in [4.78, 5) is 0.0654. The molecule has 0 unspecified atom stereocenters. The third-order valence-corrected chi connectivity index (χ3v) is 5.01. The number of anilines is 1. The van der Waals surface area contributed by atoms with E-state index in [1.807, 2.05) is 0 Å². The van der Waals surface area contributed by atoms with E-state index in [1.54, 1.807) is 43.3 Å². The van der Waals surface area contributed by atoms with E-state index in [-0.39, 0.29) is 9.88 Å². The maximum absolute atomic E-state index is 12.5. The molecule has 2 aromatic carbocycles. The third kappa shape index (κ3) is 3.34. The zero-order chi connectivity index (χ0) is 15.6. The van der Waals surface area contributed by atoms with Gasteiger partial charge < -0.3 is 5.73 Å². The second kappa shape index (κ2) is 6.01.